The molecule has 2 aliphatic carbocycles. The molecule has 3 aliphatic rings. The van der Waals surface area contributed by atoms with Gasteiger partial charge in [-0.3, -0.25) is 4.79 Å². The van der Waals surface area contributed by atoms with E-state index in [0.717, 1.165) is 60.4 Å². The molecule has 144 valence electrons. The van der Waals surface area contributed by atoms with Gasteiger partial charge in [-0.1, -0.05) is 18.9 Å². The SMILES string of the molecule is CC1=C(C(=O)OC2CCCCCC2)C(c2cccs2)C2=C(CCCC2=O)N1. The Kier molecular flexibility index (Phi) is 5.48. The van der Waals surface area contributed by atoms with Gasteiger partial charge in [0.1, 0.15) is 6.10 Å². The summed E-state index contributed by atoms with van der Waals surface area (Å²) in [6.07, 6.45) is 8.88. The third kappa shape index (κ3) is 3.75. The van der Waals surface area contributed by atoms with Crippen LogP contribution in [0.5, 0.6) is 0 Å². The zero-order valence-electron chi connectivity index (χ0n) is 15.9. The van der Waals surface area contributed by atoms with Gasteiger partial charge in [0.05, 0.1) is 11.5 Å². The summed E-state index contributed by atoms with van der Waals surface area (Å²) in [5.74, 6) is -0.378. The number of thiophene rings is 1. The van der Waals surface area contributed by atoms with E-state index in [1.807, 2.05) is 24.4 Å². The van der Waals surface area contributed by atoms with Gasteiger partial charge in [0.25, 0.3) is 0 Å². The fourth-order valence-electron chi connectivity index (χ4n) is 4.57. The molecule has 4 rings (SSSR count). The van der Waals surface area contributed by atoms with Crippen LogP contribution >= 0.6 is 11.3 Å². The van der Waals surface area contributed by atoms with Crippen LogP contribution in [-0.4, -0.2) is 17.9 Å². The van der Waals surface area contributed by atoms with Crippen LogP contribution in [0, 0.1) is 0 Å². The molecule has 4 nitrogen and oxygen atoms in total. The van der Waals surface area contributed by atoms with Gasteiger partial charge in [0.2, 0.25) is 0 Å². The van der Waals surface area contributed by atoms with Crippen LogP contribution < -0.4 is 5.32 Å². The molecule has 1 fully saturated rings. The molecular weight excluding hydrogens is 358 g/mol. The minimum absolute atomic E-state index is 0.00159. The van der Waals surface area contributed by atoms with Crippen molar-refractivity contribution in [1.29, 1.82) is 0 Å². The number of dihydropyridines is 1. The predicted octanol–water partition coefficient (Wildman–Crippen LogP) is 4.98. The Morgan fingerprint density at radius 3 is 2.63 bits per heavy atom. The van der Waals surface area contributed by atoms with Gasteiger partial charge in [-0.05, 0) is 56.9 Å². The molecule has 0 amide bonds. The number of hydrogen-bond donors (Lipinski definition) is 1. The zero-order chi connectivity index (χ0) is 18.8. The normalized spacial score (nSPS) is 24.3. The molecule has 1 aliphatic heterocycles. The minimum atomic E-state index is -0.285. The Bertz CT molecular complexity index is 782. The van der Waals surface area contributed by atoms with Crippen molar-refractivity contribution in [3.63, 3.8) is 0 Å². The number of rotatable bonds is 3. The maximum absolute atomic E-state index is 13.2. The van der Waals surface area contributed by atoms with Crippen LogP contribution in [0.2, 0.25) is 0 Å². The first-order chi connectivity index (χ1) is 13.1. The Labute approximate surface area is 164 Å². The molecule has 0 aromatic carbocycles. The summed E-state index contributed by atoms with van der Waals surface area (Å²) in [7, 11) is 0. The number of carbonyl (C=O) groups is 2. The first-order valence-electron chi connectivity index (χ1n) is 10.1. The van der Waals surface area contributed by atoms with Gasteiger partial charge in [-0.2, -0.15) is 0 Å². The highest BCUT2D eigenvalue weighted by atomic mass is 32.1. The highest BCUT2D eigenvalue weighted by Gasteiger charge is 2.40. The number of allylic oxidation sites excluding steroid dienone is 3. The summed E-state index contributed by atoms with van der Waals surface area (Å²) >= 11 is 1.60. The van der Waals surface area contributed by atoms with Crippen LogP contribution in [0.1, 0.15) is 75.5 Å². The smallest absolute Gasteiger partial charge is 0.337 e. The molecule has 1 aromatic heterocycles. The molecular formula is C22H27NO3S. The highest BCUT2D eigenvalue weighted by Crippen LogP contribution is 2.44. The topological polar surface area (TPSA) is 55.4 Å². The van der Waals surface area contributed by atoms with E-state index in [0.29, 0.717) is 12.0 Å². The van der Waals surface area contributed by atoms with E-state index in [4.69, 9.17) is 4.74 Å². The van der Waals surface area contributed by atoms with Crippen molar-refractivity contribution < 1.29 is 14.3 Å². The lowest BCUT2D eigenvalue weighted by Crippen LogP contribution is -2.35. The predicted molar refractivity (Wildman–Crippen MR) is 106 cm³/mol. The number of esters is 1. The molecule has 0 bridgehead atoms. The van der Waals surface area contributed by atoms with Crippen molar-refractivity contribution >= 4 is 23.1 Å². The van der Waals surface area contributed by atoms with E-state index < -0.39 is 0 Å². The Morgan fingerprint density at radius 1 is 1.15 bits per heavy atom. The highest BCUT2D eigenvalue weighted by molar-refractivity contribution is 7.10. The summed E-state index contributed by atoms with van der Waals surface area (Å²) in [4.78, 5) is 27.1. The molecule has 1 atom stereocenters. The molecule has 0 saturated heterocycles. The van der Waals surface area contributed by atoms with Gasteiger partial charge in [0, 0.05) is 28.3 Å². The van der Waals surface area contributed by atoms with Crippen molar-refractivity contribution in [2.24, 2.45) is 0 Å². The van der Waals surface area contributed by atoms with Gasteiger partial charge >= 0.3 is 5.97 Å². The van der Waals surface area contributed by atoms with E-state index in [-0.39, 0.29) is 23.8 Å². The first kappa shape index (κ1) is 18.5. The lowest BCUT2D eigenvalue weighted by atomic mass is 9.78. The van der Waals surface area contributed by atoms with Gasteiger partial charge < -0.3 is 10.1 Å². The average molecular weight is 386 g/mol. The third-order valence-corrected chi connectivity index (χ3v) is 6.84. The largest absolute Gasteiger partial charge is 0.459 e. The molecule has 2 heterocycles. The summed E-state index contributed by atoms with van der Waals surface area (Å²) in [6, 6.07) is 4.01. The number of carbonyl (C=O) groups excluding carboxylic acids is 2. The van der Waals surface area contributed by atoms with E-state index in [1.165, 1.54) is 12.8 Å². The van der Waals surface area contributed by atoms with E-state index >= 15 is 0 Å². The van der Waals surface area contributed by atoms with Crippen LogP contribution in [0.3, 0.4) is 0 Å². The van der Waals surface area contributed by atoms with Crippen molar-refractivity contribution in [3.8, 4) is 0 Å². The zero-order valence-corrected chi connectivity index (χ0v) is 16.7. The quantitative estimate of drug-likeness (QED) is 0.589. The van der Waals surface area contributed by atoms with Crippen molar-refractivity contribution in [2.75, 3.05) is 0 Å². The van der Waals surface area contributed by atoms with Crippen LogP contribution in [0.15, 0.2) is 40.1 Å². The number of ketones is 1. The molecule has 1 N–H and O–H groups in total. The fourth-order valence-corrected chi connectivity index (χ4v) is 5.41. The van der Waals surface area contributed by atoms with Gasteiger partial charge in [-0.15, -0.1) is 11.3 Å². The molecule has 1 unspecified atom stereocenters. The fraction of sp³-hybridized carbons (Fsp3) is 0.545. The Morgan fingerprint density at radius 2 is 1.93 bits per heavy atom. The second-order valence-electron chi connectivity index (χ2n) is 7.80. The van der Waals surface area contributed by atoms with Gasteiger partial charge in [-0.25, -0.2) is 4.79 Å². The van der Waals surface area contributed by atoms with Gasteiger partial charge in [0.15, 0.2) is 5.78 Å². The maximum atomic E-state index is 13.2. The summed E-state index contributed by atoms with van der Waals surface area (Å²) < 4.78 is 5.96. The lowest BCUT2D eigenvalue weighted by molar-refractivity contribution is -0.145. The molecule has 1 aromatic rings. The Hall–Kier alpha value is -1.88. The maximum Gasteiger partial charge on any atom is 0.337 e. The average Bonchev–Trinajstić information content (AvgIpc) is 3.06. The minimum Gasteiger partial charge on any atom is -0.459 e. The number of hydrogen-bond acceptors (Lipinski definition) is 5. The molecule has 27 heavy (non-hydrogen) atoms. The molecule has 5 heteroatoms. The third-order valence-electron chi connectivity index (χ3n) is 5.90. The van der Waals surface area contributed by atoms with Crippen molar-refractivity contribution in [2.45, 2.75) is 76.7 Å². The summed E-state index contributed by atoms with van der Waals surface area (Å²) in [6.45, 7) is 1.94. The number of Topliss-reactive ketones (excluding diaryl/α,β-unsaturated/α-hetero) is 1. The molecule has 1 saturated carbocycles. The van der Waals surface area contributed by atoms with Crippen molar-refractivity contribution in [3.05, 3.63) is 44.9 Å². The lowest BCUT2D eigenvalue weighted by Gasteiger charge is -2.34. The van der Waals surface area contributed by atoms with E-state index in [9.17, 15) is 9.59 Å². The van der Waals surface area contributed by atoms with Crippen LogP contribution in [-0.2, 0) is 14.3 Å². The molecule has 0 radical (unpaired) electrons. The van der Waals surface area contributed by atoms with Crippen LogP contribution in [0.4, 0.5) is 0 Å². The van der Waals surface area contributed by atoms with Crippen molar-refractivity contribution in [1.82, 2.24) is 5.32 Å². The number of ether oxygens (including phenoxy) is 1. The van der Waals surface area contributed by atoms with E-state index in [1.54, 1.807) is 11.3 Å². The molecule has 0 spiro atoms. The summed E-state index contributed by atoms with van der Waals surface area (Å²) in [5.41, 5.74) is 3.23. The number of nitrogens with one attached hydrogen (secondary N) is 1. The first-order valence-corrected chi connectivity index (χ1v) is 11.0. The second-order valence-corrected chi connectivity index (χ2v) is 8.78. The Balaban J connectivity index is 1.67. The van der Waals surface area contributed by atoms with E-state index in [2.05, 4.69) is 5.32 Å². The monoisotopic (exact) mass is 385 g/mol. The van der Waals surface area contributed by atoms with Crippen LogP contribution in [0.25, 0.3) is 0 Å². The standard InChI is InChI=1S/C22H27NO3S/c1-14-19(22(25)26-15-8-4-2-3-5-9-15)21(18-12-7-13-27-18)20-16(23-14)10-6-11-17(20)24/h7,12-13,15,21,23H,2-6,8-11H2,1H3. The summed E-state index contributed by atoms with van der Waals surface area (Å²) in [5, 5.41) is 5.37. The second kappa shape index (κ2) is 8.01.